The molecule has 1 fully saturated rings. The predicted molar refractivity (Wildman–Crippen MR) is 244 cm³/mol. The first kappa shape index (κ1) is 74.3. The number of carboxylic acid groups (broad SMARTS) is 1. The van der Waals surface area contributed by atoms with E-state index in [0.717, 1.165) is 12.7 Å². The zero-order chi connectivity index (χ0) is 51.1. The molecular weight excluding hydrogens is 934 g/mol. The summed E-state index contributed by atoms with van der Waals surface area (Å²) >= 11 is 6.23. The Morgan fingerprint density at radius 3 is 1.33 bits per heavy atom. The second-order valence-corrected chi connectivity index (χ2v) is 11.8. The van der Waals surface area contributed by atoms with E-state index in [2.05, 4.69) is 53.3 Å². The molecule has 0 aromatic carbocycles. The molecule has 1 rings (SSSR count). The molecule has 24 heteroatoms. The lowest BCUT2D eigenvalue weighted by molar-refractivity contribution is -0.197. The molecule has 0 aliphatic carbocycles. The summed E-state index contributed by atoms with van der Waals surface area (Å²) in [6.45, 7) is 20.6. The molecule has 0 bridgehead atoms. The Labute approximate surface area is 394 Å². The van der Waals surface area contributed by atoms with E-state index < -0.39 is 23.8 Å². The number of esters is 2. The molecule has 1 heterocycles. The molecule has 378 valence electrons. The molecule has 0 atom stereocenters. The number of methoxy groups -OCH3 is 2. The van der Waals surface area contributed by atoms with Gasteiger partial charge in [0.25, 0.3) is 11.8 Å². The number of hydroxylamine groups is 2. The van der Waals surface area contributed by atoms with Crippen LogP contribution in [0.1, 0.15) is 128 Å². The number of nitrogens with one attached hydrogen (secondary N) is 3. The van der Waals surface area contributed by atoms with Crippen molar-refractivity contribution in [3.8, 4) is 0 Å². The van der Waals surface area contributed by atoms with Gasteiger partial charge in [-0.05, 0) is 34.2 Å². The highest BCUT2D eigenvalue weighted by atomic mass is 79.9. The number of nitrogens with zero attached hydrogens (tertiary/aromatic N) is 1. The van der Waals surface area contributed by atoms with Crippen LogP contribution in [0.3, 0.4) is 0 Å². The van der Waals surface area contributed by atoms with Gasteiger partial charge in [-0.2, -0.15) is 0 Å². The predicted octanol–water partition coefficient (Wildman–Crippen LogP) is 4.15. The van der Waals surface area contributed by atoms with Crippen molar-refractivity contribution in [3.63, 3.8) is 0 Å². The average Bonchev–Trinajstić information content (AvgIpc) is 3.62. The molecule has 0 unspecified atom stereocenters. The molecule has 1 aliphatic heterocycles. The largest absolute Gasteiger partial charge is 1.00 e. The SMILES string of the molecule is CCC(=O)NCCC=O.CCC(=O)O.CCC(=O)OC.CCC(=O)ON1C(=O)CCC1=O.CCOC(CCN)OCC.CCOC(CCNC(=O)CC)OCC.COC(=O)CBr.N=S.[H+]. The molecule has 4 amide bonds. The Morgan fingerprint density at radius 2 is 1.08 bits per heavy atom. The zero-order valence-electron chi connectivity index (χ0n) is 40.7. The van der Waals surface area contributed by atoms with Crippen LogP contribution in [-0.2, 0) is 88.8 Å². The molecule has 64 heavy (non-hydrogen) atoms. The summed E-state index contributed by atoms with van der Waals surface area (Å²) in [7, 11) is 2.73. The van der Waals surface area contributed by atoms with E-state index in [-0.39, 0.29) is 68.8 Å². The van der Waals surface area contributed by atoms with Crippen molar-refractivity contribution < 1.29 is 82.9 Å². The highest BCUT2D eigenvalue weighted by molar-refractivity contribution is 9.09. The van der Waals surface area contributed by atoms with Gasteiger partial charge in [0.15, 0.2) is 12.6 Å². The third-order valence-electron chi connectivity index (χ3n) is 6.38. The highest BCUT2D eigenvalue weighted by Gasteiger charge is 2.32. The molecule has 0 aromatic rings. The fourth-order valence-corrected chi connectivity index (χ4v) is 3.41. The Balaban J connectivity index is -0.0000000988. The second-order valence-electron chi connectivity index (χ2n) is 11.2. The van der Waals surface area contributed by atoms with Crippen molar-refractivity contribution in [2.24, 2.45) is 5.73 Å². The lowest BCUT2D eigenvalue weighted by atomic mass is 10.4. The summed E-state index contributed by atoms with van der Waals surface area (Å²) in [6, 6.07) is 0. The second kappa shape index (κ2) is 61.0. The normalized spacial score (nSPS) is 10.5. The Hall–Kier alpha value is -4.07. The van der Waals surface area contributed by atoms with E-state index in [9.17, 15) is 43.2 Å². The minimum absolute atomic E-state index is 0. The number of hydrogen-bond acceptors (Lipinski definition) is 19. The van der Waals surface area contributed by atoms with Crippen molar-refractivity contribution in [2.45, 2.75) is 139 Å². The van der Waals surface area contributed by atoms with Gasteiger partial charge in [0.2, 0.25) is 11.8 Å². The van der Waals surface area contributed by atoms with Crippen LogP contribution in [0, 0.1) is 4.78 Å². The fourth-order valence-electron chi connectivity index (χ4n) is 3.18. The minimum Gasteiger partial charge on any atom is -0.481 e. The van der Waals surface area contributed by atoms with Gasteiger partial charge in [0.05, 0.1) is 14.2 Å². The van der Waals surface area contributed by atoms with Crippen molar-refractivity contribution in [3.05, 3.63) is 0 Å². The number of rotatable bonds is 23. The number of nitrogens with two attached hydrogens (primary N) is 1. The molecule has 0 saturated carbocycles. The van der Waals surface area contributed by atoms with Gasteiger partial charge < -0.3 is 59.5 Å². The van der Waals surface area contributed by atoms with Crippen LogP contribution in [0.4, 0.5) is 0 Å². The number of imide groups is 1. The molecule has 1 saturated heterocycles. The number of ether oxygens (including phenoxy) is 6. The van der Waals surface area contributed by atoms with Crippen LogP contribution < -0.4 is 16.4 Å². The number of hydrogen-bond donors (Lipinski definition) is 5. The van der Waals surface area contributed by atoms with Crippen molar-refractivity contribution >= 4 is 82.1 Å². The number of alkyl halides is 1. The van der Waals surface area contributed by atoms with Crippen LogP contribution in [-0.4, -0.2) is 142 Å². The van der Waals surface area contributed by atoms with E-state index in [1.165, 1.54) is 14.2 Å². The van der Waals surface area contributed by atoms with Gasteiger partial charge in [0, 0.05) is 116 Å². The minimum atomic E-state index is -0.745. The van der Waals surface area contributed by atoms with E-state index in [1.54, 1.807) is 27.7 Å². The van der Waals surface area contributed by atoms with Gasteiger partial charge in [-0.1, -0.05) is 50.5 Å². The summed E-state index contributed by atoms with van der Waals surface area (Å²) < 4.78 is 34.9. The maximum atomic E-state index is 10.9. The quantitative estimate of drug-likeness (QED) is 0.0240. The summed E-state index contributed by atoms with van der Waals surface area (Å²) in [6.07, 6.45) is 4.50. The summed E-state index contributed by atoms with van der Waals surface area (Å²) in [5.41, 5.74) is 5.33. The zero-order valence-corrected chi connectivity index (χ0v) is 42.2. The Morgan fingerprint density at radius 1 is 0.703 bits per heavy atom. The molecule has 22 nitrogen and oxygen atoms in total. The van der Waals surface area contributed by atoms with Crippen LogP contribution in [0.5, 0.6) is 0 Å². The third kappa shape index (κ3) is 62.2. The monoisotopic (exact) mass is 1010 g/mol. The number of aldehydes is 1. The van der Waals surface area contributed by atoms with Crippen LogP contribution in [0.2, 0.25) is 0 Å². The Bertz CT molecular complexity index is 1140. The smallest absolute Gasteiger partial charge is 0.481 e. The lowest BCUT2D eigenvalue weighted by Crippen LogP contribution is -2.31. The van der Waals surface area contributed by atoms with E-state index in [0.29, 0.717) is 83.2 Å². The first-order chi connectivity index (χ1) is 30.4. The number of aliphatic carboxylic acids is 1. The van der Waals surface area contributed by atoms with Crippen LogP contribution in [0.15, 0.2) is 0 Å². The number of carbonyl (C=O) groups excluding carboxylic acids is 8. The van der Waals surface area contributed by atoms with Crippen molar-refractivity contribution in [1.29, 1.82) is 4.78 Å². The molecule has 6 N–H and O–H groups in total. The maximum absolute atomic E-state index is 10.9. The van der Waals surface area contributed by atoms with Gasteiger partial charge >= 0.3 is 25.3 Å². The van der Waals surface area contributed by atoms with Gasteiger partial charge in [0.1, 0.15) is 11.6 Å². The van der Waals surface area contributed by atoms with Gasteiger partial charge in [-0.25, -0.2) is 9.57 Å². The Kier molecular flexibility index (Phi) is 70.8. The summed E-state index contributed by atoms with van der Waals surface area (Å²) in [4.78, 5) is 97.2. The van der Waals surface area contributed by atoms with E-state index in [1.807, 2.05) is 34.6 Å². The number of halogens is 1. The summed E-state index contributed by atoms with van der Waals surface area (Å²) in [5, 5.41) is 13.9. The first-order valence-corrected chi connectivity index (χ1v) is 22.3. The number of carbonyl (C=O) groups is 9. The van der Waals surface area contributed by atoms with Crippen molar-refractivity contribution in [2.75, 3.05) is 65.6 Å². The van der Waals surface area contributed by atoms with E-state index in [4.69, 9.17) is 34.6 Å². The van der Waals surface area contributed by atoms with Gasteiger partial charge in [-0.15, -0.1) is 5.06 Å². The molecule has 0 spiro atoms. The number of amides is 4. The molecule has 0 radical (unpaired) electrons. The molecule has 1 aliphatic rings. The number of carboxylic acids is 1. The average molecular weight is 1010 g/mol. The van der Waals surface area contributed by atoms with Crippen LogP contribution in [0.25, 0.3) is 0 Å². The first-order valence-electron chi connectivity index (χ1n) is 20.8. The van der Waals surface area contributed by atoms with Crippen LogP contribution >= 0.6 is 15.9 Å². The fraction of sp³-hybridized carbons (Fsp3) is 0.775. The topological polar surface area (TPSA) is 316 Å². The standard InChI is InChI=1S/C10H21NO3.C7H9NO4.C7H17NO2.C6H11NO2.C4H8O2.C3H5BrO2.C3H6O2.HNS/c1-4-9(12)11-8-7-10(13-5-2)14-6-3;1-2-7(11)12-8-5(9)3-4-6(8)10;1-3-9-7(5-6-8)10-4-2;1-2-6(9)7-4-3-5-8;1-3-4(5)6-2;1-6-3(5)2-4;1-2-3(4)5;1-2/h10H,4-8H2,1-3H3,(H,11,12);2-4H2,1H3;7H,3-6,8H2,1-2H3;5H,2-4H2,1H3,(H,7,9);3H2,1-2H3;2H2,1H3;2H2,1H3,(H,4,5);1H/p+1. The lowest BCUT2D eigenvalue weighted by Gasteiger charge is -2.16. The third-order valence-corrected chi connectivity index (χ3v) is 6.84. The highest BCUT2D eigenvalue weighted by Crippen LogP contribution is 2.12. The molecule has 0 aromatic heterocycles. The van der Waals surface area contributed by atoms with Crippen molar-refractivity contribution in [1.82, 2.24) is 15.7 Å². The summed E-state index contributed by atoms with van der Waals surface area (Å²) in [5.74, 6) is -2.54. The molecular formula is C40H79BrN5O17S+. The van der Waals surface area contributed by atoms with E-state index >= 15 is 0 Å². The maximum Gasteiger partial charge on any atom is 1.00 e. The van der Waals surface area contributed by atoms with Gasteiger partial charge in [-0.3, -0.25) is 33.6 Å².